The molecule has 1 aromatic heterocycles. The van der Waals surface area contributed by atoms with Crippen molar-refractivity contribution in [1.29, 1.82) is 0 Å². The van der Waals surface area contributed by atoms with E-state index in [1.807, 2.05) is 27.7 Å². The third-order valence-electron chi connectivity index (χ3n) is 11.4. The van der Waals surface area contributed by atoms with Crippen LogP contribution < -0.4 is 9.64 Å². The summed E-state index contributed by atoms with van der Waals surface area (Å²) in [4.78, 5) is 41.5. The van der Waals surface area contributed by atoms with Crippen molar-refractivity contribution in [1.82, 2.24) is 19.8 Å². The van der Waals surface area contributed by atoms with Gasteiger partial charge in [-0.2, -0.15) is 0 Å². The highest BCUT2D eigenvalue weighted by atomic mass is 19.1. The number of hydrogen-bond donors (Lipinski definition) is 0. The van der Waals surface area contributed by atoms with Crippen molar-refractivity contribution in [2.45, 2.75) is 91.1 Å². The molecule has 4 fully saturated rings. The molecule has 6 rings (SSSR count). The van der Waals surface area contributed by atoms with E-state index in [9.17, 15) is 14.0 Å². The number of hydrogen-bond acceptors (Lipinski definition) is 8. The summed E-state index contributed by atoms with van der Waals surface area (Å²) < 4.78 is 26.0. The maximum Gasteiger partial charge on any atom is 0.258 e. The average molecular weight is 650 g/mol. The van der Waals surface area contributed by atoms with Crippen LogP contribution in [0.2, 0.25) is 0 Å². The molecule has 10 heteroatoms. The number of carbonyl (C=O) groups excluding carboxylic acids is 2. The lowest BCUT2D eigenvalue weighted by atomic mass is 9.68. The standard InChI is InChI=1S/C37H52FN5O4/c1-25(2)43(26(3)4)35(45)30-16-29(38)6-7-32(30)47-33-19-39-24-40-34(33)42-22-37(23-42)12-14-41(15-13-37)20-27-8-10-36(11-9-27)17-28(21-46-5)31(44)18-36/h6-7,16,19,24-28H,8-15,17-18,20-23H2,1-5H3/t27?,28-,36?/m0/s1. The molecular formula is C37H52FN5O4. The van der Waals surface area contributed by atoms with Crippen LogP contribution in [0.3, 0.4) is 0 Å². The first-order valence-corrected chi connectivity index (χ1v) is 17.6. The van der Waals surface area contributed by atoms with Crippen LogP contribution >= 0.6 is 0 Å². The molecule has 3 heterocycles. The number of aromatic nitrogens is 2. The number of anilines is 1. The Morgan fingerprint density at radius 3 is 2.40 bits per heavy atom. The molecular weight excluding hydrogens is 597 g/mol. The highest BCUT2D eigenvalue weighted by Gasteiger charge is 2.48. The van der Waals surface area contributed by atoms with Gasteiger partial charge in [0.1, 0.15) is 23.7 Å². The van der Waals surface area contributed by atoms with E-state index in [0.29, 0.717) is 29.7 Å². The first-order valence-electron chi connectivity index (χ1n) is 17.6. The Kier molecular flexibility index (Phi) is 9.91. The highest BCUT2D eigenvalue weighted by molar-refractivity contribution is 5.97. The number of methoxy groups -OCH3 is 1. The largest absolute Gasteiger partial charge is 0.451 e. The summed E-state index contributed by atoms with van der Waals surface area (Å²) in [6.07, 6.45) is 12.1. The first kappa shape index (κ1) is 33.8. The van der Waals surface area contributed by atoms with Gasteiger partial charge < -0.3 is 24.2 Å². The lowest BCUT2D eigenvalue weighted by Gasteiger charge is -2.55. The number of Topliss-reactive ketones (excluding diaryl/α,β-unsaturated/α-hetero) is 1. The lowest BCUT2D eigenvalue weighted by Crippen LogP contribution is -2.61. The summed E-state index contributed by atoms with van der Waals surface area (Å²) >= 11 is 0. The van der Waals surface area contributed by atoms with E-state index in [0.717, 1.165) is 57.8 Å². The summed E-state index contributed by atoms with van der Waals surface area (Å²) in [5.74, 6) is 1.96. The number of rotatable bonds is 10. The van der Waals surface area contributed by atoms with Gasteiger partial charge in [-0.3, -0.25) is 9.59 Å². The van der Waals surface area contributed by atoms with E-state index in [1.54, 1.807) is 18.2 Å². The molecule has 2 aromatic rings. The molecule has 0 radical (unpaired) electrons. The third kappa shape index (κ3) is 7.19. The molecule has 4 aliphatic rings. The lowest BCUT2D eigenvalue weighted by molar-refractivity contribution is -0.122. The van der Waals surface area contributed by atoms with Crippen LogP contribution in [0.25, 0.3) is 0 Å². The van der Waals surface area contributed by atoms with Gasteiger partial charge in [-0.25, -0.2) is 14.4 Å². The number of ketones is 1. The van der Waals surface area contributed by atoms with Gasteiger partial charge in [-0.1, -0.05) is 0 Å². The molecule has 9 nitrogen and oxygen atoms in total. The summed E-state index contributed by atoms with van der Waals surface area (Å²) in [7, 11) is 1.70. The Morgan fingerprint density at radius 1 is 1.04 bits per heavy atom. The molecule has 2 saturated carbocycles. The summed E-state index contributed by atoms with van der Waals surface area (Å²) in [6, 6.07) is 3.99. The molecule has 256 valence electrons. The maximum atomic E-state index is 14.4. The van der Waals surface area contributed by atoms with Gasteiger partial charge in [0, 0.05) is 56.6 Å². The van der Waals surface area contributed by atoms with Crippen LogP contribution in [0.1, 0.15) is 89.4 Å². The second kappa shape index (κ2) is 13.8. The Balaban J connectivity index is 1.03. The predicted molar refractivity (Wildman–Crippen MR) is 179 cm³/mol. The Bertz CT molecular complexity index is 1420. The van der Waals surface area contributed by atoms with Crippen molar-refractivity contribution in [2.24, 2.45) is 22.7 Å². The van der Waals surface area contributed by atoms with E-state index in [2.05, 4.69) is 19.8 Å². The Morgan fingerprint density at radius 2 is 1.74 bits per heavy atom. The number of amides is 1. The van der Waals surface area contributed by atoms with E-state index in [1.165, 1.54) is 56.8 Å². The zero-order valence-electron chi connectivity index (χ0n) is 28.8. The van der Waals surface area contributed by atoms with Crippen LogP contribution in [0, 0.1) is 28.5 Å². The maximum absolute atomic E-state index is 14.4. The predicted octanol–water partition coefficient (Wildman–Crippen LogP) is 6.37. The number of nitrogens with zero attached hydrogens (tertiary/aromatic N) is 5. The van der Waals surface area contributed by atoms with E-state index < -0.39 is 5.82 Å². The molecule has 47 heavy (non-hydrogen) atoms. The SMILES string of the molecule is COC[C@@H]1CC2(CCC(CN3CCC4(CC3)CN(c3ncncc3Oc3ccc(F)cc3C(=O)N(C(C)C)C(C)C)C4)CC2)CC1=O. The second-order valence-corrected chi connectivity index (χ2v) is 15.5. The number of benzene rings is 1. The van der Waals surface area contributed by atoms with Gasteiger partial charge in [0.25, 0.3) is 5.91 Å². The van der Waals surface area contributed by atoms with E-state index >= 15 is 0 Å². The molecule has 1 amide bonds. The number of ether oxygens (including phenoxy) is 2. The smallest absolute Gasteiger partial charge is 0.258 e. The molecule has 2 aliphatic heterocycles. The second-order valence-electron chi connectivity index (χ2n) is 15.5. The molecule has 0 bridgehead atoms. The van der Waals surface area contributed by atoms with Crippen LogP contribution in [0.5, 0.6) is 11.5 Å². The number of carbonyl (C=O) groups is 2. The fourth-order valence-corrected chi connectivity index (χ4v) is 8.93. The van der Waals surface area contributed by atoms with Gasteiger partial charge in [0.05, 0.1) is 18.4 Å². The third-order valence-corrected chi connectivity index (χ3v) is 11.4. The minimum atomic E-state index is -0.484. The van der Waals surface area contributed by atoms with Crippen molar-refractivity contribution < 1.29 is 23.5 Å². The Hall–Kier alpha value is -3.11. The van der Waals surface area contributed by atoms with Crippen LogP contribution in [0.4, 0.5) is 10.2 Å². The van der Waals surface area contributed by atoms with Crippen LogP contribution in [-0.2, 0) is 9.53 Å². The fraction of sp³-hybridized carbons (Fsp3) is 0.676. The molecule has 0 N–H and O–H groups in total. The molecule has 0 unspecified atom stereocenters. The van der Waals surface area contributed by atoms with Gasteiger partial charge in [0.15, 0.2) is 11.6 Å². The van der Waals surface area contributed by atoms with Gasteiger partial charge >= 0.3 is 0 Å². The normalized spacial score (nSPS) is 26.0. The van der Waals surface area contributed by atoms with Crippen molar-refractivity contribution >= 4 is 17.5 Å². The summed E-state index contributed by atoms with van der Waals surface area (Å²) in [5, 5.41) is 0. The topological polar surface area (TPSA) is 88.1 Å². The first-order chi connectivity index (χ1) is 22.5. The monoisotopic (exact) mass is 649 g/mol. The molecule has 2 spiro atoms. The molecule has 2 saturated heterocycles. The average Bonchev–Trinajstić information content (AvgIpc) is 3.32. The molecule has 1 atom stereocenters. The van der Waals surface area contributed by atoms with Gasteiger partial charge in [-0.15, -0.1) is 0 Å². The molecule has 1 aromatic carbocycles. The van der Waals surface area contributed by atoms with Gasteiger partial charge in [0.2, 0.25) is 0 Å². The summed E-state index contributed by atoms with van der Waals surface area (Å²) in [6.45, 7) is 13.6. The minimum Gasteiger partial charge on any atom is -0.451 e. The van der Waals surface area contributed by atoms with Gasteiger partial charge in [-0.05, 0) is 115 Å². The highest BCUT2D eigenvalue weighted by Crippen LogP contribution is 2.51. The fourth-order valence-electron chi connectivity index (χ4n) is 8.93. The zero-order chi connectivity index (χ0) is 33.3. The number of piperidine rings is 1. The molecule has 2 aliphatic carbocycles. The van der Waals surface area contributed by atoms with E-state index in [4.69, 9.17) is 9.47 Å². The van der Waals surface area contributed by atoms with Crippen LogP contribution in [-0.4, -0.2) is 90.0 Å². The van der Waals surface area contributed by atoms with E-state index in [-0.39, 0.29) is 40.3 Å². The Labute approximate surface area is 279 Å². The van der Waals surface area contributed by atoms with Crippen molar-refractivity contribution in [3.63, 3.8) is 0 Å². The van der Waals surface area contributed by atoms with Crippen LogP contribution in [0.15, 0.2) is 30.7 Å². The zero-order valence-corrected chi connectivity index (χ0v) is 28.8. The minimum absolute atomic E-state index is 0.0501. The van der Waals surface area contributed by atoms with Crippen molar-refractivity contribution in [3.05, 3.63) is 42.1 Å². The van der Waals surface area contributed by atoms with Crippen molar-refractivity contribution in [3.8, 4) is 11.5 Å². The van der Waals surface area contributed by atoms with Crippen molar-refractivity contribution in [2.75, 3.05) is 51.3 Å². The number of halogens is 1. The number of likely N-dealkylation sites (tertiary alicyclic amines) is 1. The quantitative estimate of drug-likeness (QED) is 0.294. The summed E-state index contributed by atoms with van der Waals surface area (Å²) in [5.41, 5.74) is 0.690.